The van der Waals surface area contributed by atoms with E-state index in [1.165, 1.54) is 0 Å². The number of aliphatic hydroxyl groups excluding tert-OH is 1. The Labute approximate surface area is 138 Å². The highest BCUT2D eigenvalue weighted by Gasteiger charge is 2.65. The molecule has 4 heterocycles. The summed E-state index contributed by atoms with van der Waals surface area (Å²) in [5, 5.41) is 23.9. The van der Waals surface area contributed by atoms with E-state index in [0.29, 0.717) is 16.9 Å². The van der Waals surface area contributed by atoms with E-state index in [9.17, 15) is 10.4 Å². The predicted octanol–water partition coefficient (Wildman–Crippen LogP) is 0.547. The summed E-state index contributed by atoms with van der Waals surface area (Å²) in [6, 6.07) is 7.43. The van der Waals surface area contributed by atoms with Crippen LogP contribution in [-0.4, -0.2) is 45.4 Å². The van der Waals surface area contributed by atoms with Gasteiger partial charge in [0, 0.05) is 6.20 Å². The number of ether oxygens (including phenoxy) is 3. The van der Waals surface area contributed by atoms with Crippen LogP contribution >= 0.6 is 0 Å². The molecule has 4 atom stereocenters. The van der Waals surface area contributed by atoms with Gasteiger partial charge in [0.15, 0.2) is 5.79 Å². The van der Waals surface area contributed by atoms with Crippen molar-refractivity contribution in [2.24, 2.45) is 0 Å². The van der Waals surface area contributed by atoms with Crippen LogP contribution < -0.4 is 5.73 Å². The Hall–Kier alpha value is -2.18. The molecule has 8 nitrogen and oxygen atoms in total. The molecular formula is C16H18N4O4. The highest BCUT2D eigenvalue weighted by atomic mass is 16.8. The fraction of sp³-hybridized carbons (Fsp3) is 0.500. The summed E-state index contributed by atoms with van der Waals surface area (Å²) in [5.41, 5.74) is 6.25. The summed E-state index contributed by atoms with van der Waals surface area (Å²) >= 11 is 0. The van der Waals surface area contributed by atoms with Crippen molar-refractivity contribution >= 4 is 11.2 Å². The van der Waals surface area contributed by atoms with Crippen molar-refractivity contribution in [2.45, 2.75) is 43.5 Å². The van der Waals surface area contributed by atoms with Gasteiger partial charge in [0.1, 0.15) is 24.4 Å². The molecule has 0 aliphatic carbocycles. The average molecular weight is 330 g/mol. The normalized spacial score (nSPS) is 34.3. The molecule has 0 aromatic carbocycles. The van der Waals surface area contributed by atoms with Crippen LogP contribution in [-0.2, 0) is 19.8 Å². The van der Waals surface area contributed by atoms with E-state index in [1.54, 1.807) is 42.8 Å². The number of aromatic nitrogens is 2. The molecule has 0 saturated carbocycles. The van der Waals surface area contributed by atoms with Crippen LogP contribution in [0.1, 0.15) is 19.5 Å². The van der Waals surface area contributed by atoms with Gasteiger partial charge < -0.3 is 25.1 Å². The van der Waals surface area contributed by atoms with Crippen LogP contribution in [0.4, 0.5) is 5.69 Å². The maximum absolute atomic E-state index is 9.98. The largest absolute Gasteiger partial charge is 0.397 e. The van der Waals surface area contributed by atoms with Crippen molar-refractivity contribution in [3.05, 3.63) is 30.1 Å². The Bertz CT molecular complexity index is 842. The fourth-order valence-corrected chi connectivity index (χ4v) is 3.56. The fourth-order valence-electron chi connectivity index (χ4n) is 3.56. The number of rotatable bonds is 2. The zero-order valence-electron chi connectivity index (χ0n) is 13.3. The maximum Gasteiger partial charge on any atom is 0.226 e. The molecule has 0 bridgehead atoms. The third-order valence-corrected chi connectivity index (χ3v) is 4.55. The third kappa shape index (κ3) is 1.90. The summed E-state index contributed by atoms with van der Waals surface area (Å²) in [6.45, 7) is 3.27. The topological polar surface area (TPSA) is 115 Å². The van der Waals surface area contributed by atoms with Crippen LogP contribution in [0.3, 0.4) is 0 Å². The molecule has 2 aromatic rings. The molecule has 8 heteroatoms. The number of aliphatic hydroxyl groups is 1. The second-order valence-corrected chi connectivity index (χ2v) is 6.51. The van der Waals surface area contributed by atoms with E-state index >= 15 is 0 Å². The first-order chi connectivity index (χ1) is 11.4. The monoisotopic (exact) mass is 330 g/mol. The lowest BCUT2D eigenvalue weighted by atomic mass is 9.92. The Morgan fingerprint density at radius 1 is 1.33 bits per heavy atom. The van der Waals surface area contributed by atoms with E-state index in [2.05, 4.69) is 11.2 Å². The molecule has 2 aromatic heterocycles. The summed E-state index contributed by atoms with van der Waals surface area (Å²) in [5.74, 6) is -0.867. The lowest BCUT2D eigenvalue weighted by Gasteiger charge is -2.28. The van der Waals surface area contributed by atoms with Gasteiger partial charge >= 0.3 is 0 Å². The Morgan fingerprint density at radius 2 is 2.12 bits per heavy atom. The number of hydrogen-bond acceptors (Lipinski definition) is 7. The smallest absolute Gasteiger partial charge is 0.226 e. The number of nitriles is 1. The minimum Gasteiger partial charge on any atom is -0.397 e. The lowest BCUT2D eigenvalue weighted by Crippen LogP contribution is -2.40. The van der Waals surface area contributed by atoms with Crippen LogP contribution in [0.15, 0.2) is 24.4 Å². The van der Waals surface area contributed by atoms with Gasteiger partial charge in [0.25, 0.3) is 0 Å². The van der Waals surface area contributed by atoms with Crippen LogP contribution in [0.2, 0.25) is 0 Å². The first-order valence-electron chi connectivity index (χ1n) is 7.70. The van der Waals surface area contributed by atoms with Crippen molar-refractivity contribution in [3.8, 4) is 6.07 Å². The first-order valence-corrected chi connectivity index (χ1v) is 7.70. The van der Waals surface area contributed by atoms with Crippen LogP contribution in [0.25, 0.3) is 5.52 Å². The molecule has 24 heavy (non-hydrogen) atoms. The van der Waals surface area contributed by atoms with E-state index in [1.807, 2.05) is 0 Å². The maximum atomic E-state index is 9.98. The highest BCUT2D eigenvalue weighted by molar-refractivity contribution is 5.69. The second kappa shape index (κ2) is 4.91. The Morgan fingerprint density at radius 3 is 2.83 bits per heavy atom. The molecule has 3 N–H and O–H groups in total. The van der Waals surface area contributed by atoms with Gasteiger partial charge in [-0.2, -0.15) is 10.4 Å². The zero-order valence-corrected chi connectivity index (χ0v) is 13.3. The van der Waals surface area contributed by atoms with Crippen molar-refractivity contribution in [3.63, 3.8) is 0 Å². The van der Waals surface area contributed by atoms with Gasteiger partial charge in [-0.1, -0.05) is 0 Å². The standard InChI is InChI=1S/C16H18N4O4/c1-15(2)23-13-11(7-21)22-16(8-17,14(13)24-15)12-4-3-10-9(18)5-6-19-20(10)12/h3-6,11,13-14,21H,7,18H2,1-2H3/t11-,13-,14-,16+/m1/s1. The molecule has 0 radical (unpaired) electrons. The predicted molar refractivity (Wildman–Crippen MR) is 82.7 cm³/mol. The van der Waals surface area contributed by atoms with Gasteiger partial charge in [0.05, 0.1) is 23.5 Å². The molecule has 2 aliphatic heterocycles. The Kier molecular flexibility index (Phi) is 3.14. The molecule has 0 unspecified atom stereocenters. The molecule has 0 spiro atoms. The van der Waals surface area contributed by atoms with Crippen molar-refractivity contribution < 1.29 is 19.3 Å². The molecule has 0 amide bonds. The van der Waals surface area contributed by atoms with Gasteiger partial charge in [-0.25, -0.2) is 4.52 Å². The number of hydrogen-bond donors (Lipinski definition) is 2. The van der Waals surface area contributed by atoms with E-state index in [0.717, 1.165) is 0 Å². The summed E-state index contributed by atoms with van der Waals surface area (Å²) in [6.07, 6.45) is -0.335. The van der Waals surface area contributed by atoms with Crippen molar-refractivity contribution in [2.75, 3.05) is 12.3 Å². The minimum atomic E-state index is -1.45. The second-order valence-electron chi connectivity index (χ2n) is 6.51. The molecule has 4 rings (SSSR count). The number of fused-ring (bicyclic) bond motifs is 2. The first kappa shape index (κ1) is 15.4. The summed E-state index contributed by atoms with van der Waals surface area (Å²) in [4.78, 5) is 0. The van der Waals surface area contributed by atoms with E-state index in [-0.39, 0.29) is 6.61 Å². The molecule has 2 fully saturated rings. The minimum absolute atomic E-state index is 0.275. The van der Waals surface area contributed by atoms with Gasteiger partial charge in [-0.3, -0.25) is 0 Å². The third-order valence-electron chi connectivity index (χ3n) is 4.55. The summed E-state index contributed by atoms with van der Waals surface area (Å²) in [7, 11) is 0. The summed E-state index contributed by atoms with van der Waals surface area (Å²) < 4.78 is 19.3. The van der Waals surface area contributed by atoms with Gasteiger partial charge in [-0.05, 0) is 32.0 Å². The van der Waals surface area contributed by atoms with Crippen LogP contribution in [0, 0.1) is 11.3 Å². The number of nitrogen functional groups attached to an aromatic ring is 1. The number of nitrogens with zero attached hydrogens (tertiary/aromatic N) is 3. The molecular weight excluding hydrogens is 312 g/mol. The van der Waals surface area contributed by atoms with E-state index < -0.39 is 29.7 Å². The van der Waals surface area contributed by atoms with Crippen LogP contribution in [0.5, 0.6) is 0 Å². The zero-order chi connectivity index (χ0) is 17.1. The van der Waals surface area contributed by atoms with Crippen molar-refractivity contribution in [1.29, 1.82) is 5.26 Å². The molecule has 126 valence electrons. The number of nitrogens with two attached hydrogens (primary N) is 1. The molecule has 2 saturated heterocycles. The highest BCUT2D eigenvalue weighted by Crippen LogP contribution is 2.49. The quantitative estimate of drug-likeness (QED) is 0.826. The SMILES string of the molecule is CC1(C)O[C@H]2[C@@H](O1)[C@](C#N)(c1ccc3c(N)ccnn13)O[C@@H]2CO. The van der Waals surface area contributed by atoms with Gasteiger partial charge in [0.2, 0.25) is 5.60 Å². The van der Waals surface area contributed by atoms with Gasteiger partial charge in [-0.15, -0.1) is 0 Å². The lowest BCUT2D eigenvalue weighted by molar-refractivity contribution is -0.204. The number of anilines is 1. The van der Waals surface area contributed by atoms with E-state index in [4.69, 9.17) is 19.9 Å². The Balaban J connectivity index is 1.90. The van der Waals surface area contributed by atoms with Crippen molar-refractivity contribution in [1.82, 2.24) is 9.61 Å². The molecule has 2 aliphatic rings. The average Bonchev–Trinajstić information content (AvgIpc) is 3.18.